The van der Waals surface area contributed by atoms with Gasteiger partial charge in [0.25, 0.3) is 0 Å². The number of aliphatic hydroxyl groups is 1. The van der Waals surface area contributed by atoms with Crippen LogP contribution in [0.3, 0.4) is 0 Å². The summed E-state index contributed by atoms with van der Waals surface area (Å²) in [6.07, 6.45) is 0.984. The standard InChI is InChI=1S/C26H25N3O4/c1-13(30)29-10-9-25-20-14-7-8-18(32-2)23(20)33-24(25)22-16(12-26(25,31)19(29)11-14)21(27)15-5-3-4-6-17(15)28-22/h3-8,19,24,31H,9-12H2,1-2H3,(H2,27,28)/t19-,24?,25+,26?/m1/s1. The van der Waals surface area contributed by atoms with Crippen LogP contribution in [0.5, 0.6) is 11.5 Å². The topological polar surface area (TPSA) is 97.9 Å². The van der Waals surface area contributed by atoms with E-state index in [0.717, 1.165) is 33.3 Å². The lowest BCUT2D eigenvalue weighted by atomic mass is 9.48. The van der Waals surface area contributed by atoms with Crippen LogP contribution in [0, 0.1) is 0 Å². The second kappa shape index (κ2) is 5.97. The number of hydrogen-bond acceptors (Lipinski definition) is 6. The summed E-state index contributed by atoms with van der Waals surface area (Å²) in [6.45, 7) is 2.15. The number of aromatic nitrogens is 1. The van der Waals surface area contributed by atoms with Crippen molar-refractivity contribution in [2.45, 2.75) is 49.3 Å². The fourth-order valence-corrected chi connectivity index (χ4v) is 7.21. The number of para-hydroxylation sites is 1. The first kappa shape index (κ1) is 19.2. The molecule has 2 unspecified atom stereocenters. The van der Waals surface area contributed by atoms with Crippen LogP contribution in [0.2, 0.25) is 0 Å². The van der Waals surface area contributed by atoms with Gasteiger partial charge in [-0.3, -0.25) is 4.79 Å². The number of nitrogen functional groups attached to an aromatic ring is 1. The highest BCUT2D eigenvalue weighted by atomic mass is 16.5. The highest BCUT2D eigenvalue weighted by Gasteiger charge is 2.73. The molecule has 7 heteroatoms. The lowest BCUT2D eigenvalue weighted by Crippen LogP contribution is -2.75. The molecule has 1 spiro atoms. The van der Waals surface area contributed by atoms with Gasteiger partial charge in [-0.1, -0.05) is 24.3 Å². The van der Waals surface area contributed by atoms with E-state index in [9.17, 15) is 9.90 Å². The van der Waals surface area contributed by atoms with Gasteiger partial charge < -0.3 is 25.2 Å². The number of rotatable bonds is 1. The Morgan fingerprint density at radius 2 is 2.12 bits per heavy atom. The average molecular weight is 444 g/mol. The maximum Gasteiger partial charge on any atom is 0.219 e. The van der Waals surface area contributed by atoms with Crippen LogP contribution >= 0.6 is 0 Å². The molecule has 3 aromatic rings. The molecule has 0 radical (unpaired) electrons. The molecule has 3 heterocycles. The fraction of sp³-hybridized carbons (Fsp3) is 0.385. The van der Waals surface area contributed by atoms with Crippen LogP contribution in [-0.2, 0) is 23.1 Å². The van der Waals surface area contributed by atoms with E-state index in [1.54, 1.807) is 14.0 Å². The molecule has 7 rings (SSSR count). The number of carbonyl (C=O) groups is 1. The minimum atomic E-state index is -1.22. The Bertz CT molecular complexity index is 1390. The number of amides is 1. The molecule has 33 heavy (non-hydrogen) atoms. The highest BCUT2D eigenvalue weighted by Crippen LogP contribution is 2.69. The maximum atomic E-state index is 12.6. The van der Waals surface area contributed by atoms with Gasteiger partial charge in [-0.2, -0.15) is 0 Å². The third-order valence-corrected chi connectivity index (χ3v) is 8.59. The van der Waals surface area contributed by atoms with Crippen molar-refractivity contribution in [2.24, 2.45) is 0 Å². The molecule has 1 aromatic heterocycles. The molecular formula is C26H25N3O4. The van der Waals surface area contributed by atoms with Crippen molar-refractivity contribution < 1.29 is 19.4 Å². The lowest BCUT2D eigenvalue weighted by Gasteiger charge is -2.62. The fourth-order valence-electron chi connectivity index (χ4n) is 7.21. The molecule has 2 bridgehead atoms. The van der Waals surface area contributed by atoms with Crippen LogP contribution in [-0.4, -0.2) is 46.2 Å². The van der Waals surface area contributed by atoms with E-state index in [-0.39, 0.29) is 11.9 Å². The molecule has 1 amide bonds. The number of fused-ring (bicyclic) bond motifs is 3. The van der Waals surface area contributed by atoms with Crippen LogP contribution < -0.4 is 15.2 Å². The van der Waals surface area contributed by atoms with Crippen LogP contribution in [0.15, 0.2) is 36.4 Å². The smallest absolute Gasteiger partial charge is 0.219 e. The van der Waals surface area contributed by atoms with Crippen molar-refractivity contribution in [1.29, 1.82) is 0 Å². The maximum absolute atomic E-state index is 12.6. The first-order chi connectivity index (χ1) is 15.9. The zero-order valence-corrected chi connectivity index (χ0v) is 18.6. The number of carbonyl (C=O) groups excluding carboxylic acids is 1. The molecular weight excluding hydrogens is 418 g/mol. The summed E-state index contributed by atoms with van der Waals surface area (Å²) in [6, 6.07) is 11.4. The van der Waals surface area contributed by atoms with E-state index in [1.165, 1.54) is 0 Å². The molecule has 3 N–H and O–H groups in total. The second-order valence-electron chi connectivity index (χ2n) is 9.79. The molecule has 2 aliphatic heterocycles. The first-order valence-electron chi connectivity index (χ1n) is 11.4. The minimum absolute atomic E-state index is 0.0219. The van der Waals surface area contributed by atoms with Gasteiger partial charge in [0, 0.05) is 42.1 Å². The molecule has 2 aliphatic carbocycles. The summed E-state index contributed by atoms with van der Waals surface area (Å²) in [4.78, 5) is 19.5. The van der Waals surface area contributed by atoms with E-state index in [1.807, 2.05) is 35.2 Å². The molecule has 7 nitrogen and oxygen atoms in total. The van der Waals surface area contributed by atoms with Gasteiger partial charge in [0.1, 0.15) is 5.60 Å². The summed E-state index contributed by atoms with van der Waals surface area (Å²) in [5, 5.41) is 13.5. The Balaban J connectivity index is 1.58. The molecule has 1 saturated heterocycles. The van der Waals surface area contributed by atoms with E-state index >= 15 is 0 Å². The first-order valence-corrected chi connectivity index (χ1v) is 11.4. The van der Waals surface area contributed by atoms with Gasteiger partial charge in [0.2, 0.25) is 5.91 Å². The minimum Gasteiger partial charge on any atom is -0.493 e. The van der Waals surface area contributed by atoms with Crippen molar-refractivity contribution in [3.63, 3.8) is 0 Å². The van der Waals surface area contributed by atoms with Gasteiger partial charge in [-0.15, -0.1) is 0 Å². The second-order valence-corrected chi connectivity index (χ2v) is 9.79. The Hall–Kier alpha value is -3.32. The third-order valence-electron chi connectivity index (χ3n) is 8.59. The summed E-state index contributed by atoms with van der Waals surface area (Å²) in [5.41, 5.74) is 9.95. The number of pyridine rings is 1. The molecule has 168 valence electrons. The number of anilines is 1. The van der Waals surface area contributed by atoms with E-state index in [2.05, 4.69) is 6.07 Å². The molecule has 2 aromatic carbocycles. The Morgan fingerprint density at radius 3 is 2.91 bits per heavy atom. The molecule has 4 atom stereocenters. The predicted octanol–water partition coefficient (Wildman–Crippen LogP) is 2.66. The quantitative estimate of drug-likeness (QED) is 0.600. The molecule has 0 saturated carbocycles. The van der Waals surface area contributed by atoms with Crippen molar-refractivity contribution in [1.82, 2.24) is 9.88 Å². The monoisotopic (exact) mass is 443 g/mol. The lowest BCUT2D eigenvalue weighted by molar-refractivity contribution is -0.181. The van der Waals surface area contributed by atoms with Gasteiger partial charge in [0.05, 0.1) is 29.8 Å². The van der Waals surface area contributed by atoms with Crippen LogP contribution in [0.1, 0.15) is 41.8 Å². The predicted molar refractivity (Wildman–Crippen MR) is 122 cm³/mol. The SMILES string of the molecule is COc1ccc2c3c1OC1c4nc5ccccc5c(N)c4CC4(O)[C@@H](C2)N(C(C)=O)CC[C@]314. The number of nitrogens with two attached hydrogens (primary N) is 1. The van der Waals surface area contributed by atoms with Crippen molar-refractivity contribution >= 4 is 22.5 Å². The number of ether oxygens (including phenoxy) is 2. The van der Waals surface area contributed by atoms with Gasteiger partial charge in [-0.05, 0) is 30.5 Å². The van der Waals surface area contributed by atoms with Crippen LogP contribution in [0.25, 0.3) is 10.9 Å². The van der Waals surface area contributed by atoms with Crippen molar-refractivity contribution in [3.8, 4) is 11.5 Å². The molecule has 4 aliphatic rings. The number of nitrogens with zero attached hydrogens (tertiary/aromatic N) is 2. The zero-order chi connectivity index (χ0) is 22.7. The van der Waals surface area contributed by atoms with E-state index in [0.29, 0.717) is 43.0 Å². The number of piperidine rings is 1. The summed E-state index contributed by atoms with van der Waals surface area (Å²) < 4.78 is 12.4. The average Bonchev–Trinajstić information content (AvgIpc) is 3.15. The molecule has 1 fully saturated rings. The van der Waals surface area contributed by atoms with Gasteiger partial charge >= 0.3 is 0 Å². The largest absolute Gasteiger partial charge is 0.493 e. The van der Waals surface area contributed by atoms with Crippen molar-refractivity contribution in [3.05, 3.63) is 58.8 Å². The highest BCUT2D eigenvalue weighted by molar-refractivity contribution is 5.93. The van der Waals surface area contributed by atoms with E-state index in [4.69, 9.17) is 20.2 Å². The summed E-state index contributed by atoms with van der Waals surface area (Å²) in [7, 11) is 1.63. The summed E-state index contributed by atoms with van der Waals surface area (Å²) in [5.74, 6) is 1.32. The van der Waals surface area contributed by atoms with E-state index < -0.39 is 17.1 Å². The van der Waals surface area contributed by atoms with Crippen molar-refractivity contribution in [2.75, 3.05) is 19.4 Å². The van der Waals surface area contributed by atoms with Crippen LogP contribution in [0.4, 0.5) is 5.69 Å². The number of likely N-dealkylation sites (tertiary alicyclic amines) is 1. The third kappa shape index (κ3) is 2.01. The van der Waals surface area contributed by atoms with Gasteiger partial charge in [-0.25, -0.2) is 4.98 Å². The summed E-state index contributed by atoms with van der Waals surface area (Å²) >= 11 is 0. The number of methoxy groups -OCH3 is 1. The number of hydrogen-bond donors (Lipinski definition) is 2. The Morgan fingerprint density at radius 1 is 1.30 bits per heavy atom. The Labute approximate surface area is 191 Å². The zero-order valence-electron chi connectivity index (χ0n) is 18.6. The Kier molecular flexibility index (Phi) is 3.47. The normalized spacial score (nSPS) is 30.5. The number of benzene rings is 2. The van der Waals surface area contributed by atoms with Gasteiger partial charge in [0.15, 0.2) is 17.6 Å².